The number of nitrogens with zero attached hydrogens (tertiary/aromatic N) is 5. The van der Waals surface area contributed by atoms with Crippen molar-refractivity contribution < 1.29 is 8.42 Å². The van der Waals surface area contributed by atoms with Crippen molar-refractivity contribution in [3.8, 4) is 0 Å². The second-order valence-corrected chi connectivity index (χ2v) is 10.9. The van der Waals surface area contributed by atoms with Gasteiger partial charge in [0, 0.05) is 56.6 Å². The van der Waals surface area contributed by atoms with Gasteiger partial charge in [-0.05, 0) is 55.1 Å². The van der Waals surface area contributed by atoms with Gasteiger partial charge in [-0.3, -0.25) is 0 Å². The molecule has 0 unspecified atom stereocenters. The minimum atomic E-state index is -3.25. The zero-order valence-corrected chi connectivity index (χ0v) is 20.7. The summed E-state index contributed by atoms with van der Waals surface area (Å²) in [5.74, 6) is 0.508. The molecule has 10 heteroatoms. The fourth-order valence-electron chi connectivity index (χ4n) is 4.15. The van der Waals surface area contributed by atoms with Crippen LogP contribution in [0.5, 0.6) is 0 Å². The molecule has 0 aliphatic carbocycles. The molecule has 0 bridgehead atoms. The Kier molecular flexibility index (Phi) is 6.31. The zero-order chi connectivity index (χ0) is 24.4. The van der Waals surface area contributed by atoms with Crippen molar-refractivity contribution in [2.75, 3.05) is 55.0 Å². The molecule has 0 saturated carbocycles. The molecule has 1 aliphatic heterocycles. The predicted molar refractivity (Wildman–Crippen MR) is 139 cm³/mol. The Morgan fingerprint density at radius 2 is 1.77 bits per heavy atom. The number of fused-ring (bicyclic) bond motifs is 1. The van der Waals surface area contributed by atoms with Gasteiger partial charge in [0.25, 0.3) is 0 Å². The van der Waals surface area contributed by atoms with Gasteiger partial charge in [0.1, 0.15) is 0 Å². The average molecular weight is 492 g/mol. The third-order valence-electron chi connectivity index (χ3n) is 6.14. The Balaban J connectivity index is 1.32. The van der Waals surface area contributed by atoms with E-state index in [1.165, 1.54) is 11.9 Å². The van der Waals surface area contributed by atoms with Crippen LogP contribution in [0.3, 0.4) is 0 Å². The summed E-state index contributed by atoms with van der Waals surface area (Å²) in [5, 5.41) is 11.3. The van der Waals surface area contributed by atoms with E-state index in [2.05, 4.69) is 44.7 Å². The van der Waals surface area contributed by atoms with Gasteiger partial charge in [0.15, 0.2) is 15.5 Å². The molecule has 35 heavy (non-hydrogen) atoms. The average Bonchev–Trinajstić information content (AvgIpc) is 3.26. The summed E-state index contributed by atoms with van der Waals surface area (Å²) in [6, 6.07) is 19.1. The lowest BCUT2D eigenvalue weighted by atomic mass is 10.2. The fourth-order valence-corrected chi connectivity index (χ4v) is 4.85. The van der Waals surface area contributed by atoms with Crippen molar-refractivity contribution in [1.29, 1.82) is 0 Å². The standard InChI is InChI=1S/C25H29N7O2S/c1-30-12-14-31(15-13-30)21-8-4-7-20(17-21)27-25-28-24-23(10-5-11-32(24)29-25)26-18-19-6-3-9-22(16-19)35(2,33)34/h3-11,16-17,26H,12-15,18H2,1-2H3,(H,27,29). The number of anilines is 4. The molecule has 5 rings (SSSR count). The molecule has 2 N–H and O–H groups in total. The molecule has 3 heterocycles. The van der Waals surface area contributed by atoms with Crippen LogP contribution in [0.4, 0.5) is 23.0 Å². The van der Waals surface area contributed by atoms with E-state index in [1.54, 1.807) is 22.7 Å². The molecule has 1 fully saturated rings. The summed E-state index contributed by atoms with van der Waals surface area (Å²) >= 11 is 0. The lowest BCUT2D eigenvalue weighted by molar-refractivity contribution is 0.313. The van der Waals surface area contributed by atoms with E-state index in [1.807, 2.05) is 36.5 Å². The number of benzene rings is 2. The van der Waals surface area contributed by atoms with Crippen LogP contribution in [0, 0.1) is 0 Å². The molecule has 1 saturated heterocycles. The molecule has 2 aromatic heterocycles. The smallest absolute Gasteiger partial charge is 0.247 e. The van der Waals surface area contributed by atoms with Gasteiger partial charge in [-0.25, -0.2) is 12.9 Å². The maximum Gasteiger partial charge on any atom is 0.247 e. The largest absolute Gasteiger partial charge is 0.378 e. The highest BCUT2D eigenvalue weighted by Crippen LogP contribution is 2.24. The van der Waals surface area contributed by atoms with Gasteiger partial charge in [-0.2, -0.15) is 4.98 Å². The lowest BCUT2D eigenvalue weighted by Crippen LogP contribution is -2.44. The Morgan fingerprint density at radius 1 is 0.971 bits per heavy atom. The predicted octanol–water partition coefficient (Wildman–Crippen LogP) is 3.24. The first kappa shape index (κ1) is 23.1. The van der Waals surface area contributed by atoms with E-state index < -0.39 is 9.84 Å². The van der Waals surface area contributed by atoms with Crippen molar-refractivity contribution in [3.63, 3.8) is 0 Å². The van der Waals surface area contributed by atoms with E-state index in [0.717, 1.165) is 43.1 Å². The molecule has 1 aliphatic rings. The SMILES string of the molecule is CN1CCN(c2cccc(Nc3nc4c(NCc5cccc(S(C)(=O)=O)c5)cccn4n3)c2)CC1. The normalized spacial score (nSPS) is 14.9. The minimum Gasteiger partial charge on any atom is -0.378 e. The number of nitrogens with one attached hydrogen (secondary N) is 2. The first-order chi connectivity index (χ1) is 16.8. The van der Waals surface area contributed by atoms with Gasteiger partial charge in [-0.1, -0.05) is 18.2 Å². The fraction of sp³-hybridized carbons (Fsp3) is 0.280. The van der Waals surface area contributed by atoms with Crippen LogP contribution in [0.25, 0.3) is 5.65 Å². The number of piperazine rings is 1. The maximum absolute atomic E-state index is 11.9. The first-order valence-electron chi connectivity index (χ1n) is 11.5. The quantitative estimate of drug-likeness (QED) is 0.407. The molecule has 0 radical (unpaired) electrons. The summed E-state index contributed by atoms with van der Waals surface area (Å²) < 4.78 is 25.4. The van der Waals surface area contributed by atoms with Crippen molar-refractivity contribution in [2.45, 2.75) is 11.4 Å². The number of pyridine rings is 1. The monoisotopic (exact) mass is 491 g/mol. The topological polar surface area (TPSA) is 94.9 Å². The number of aromatic nitrogens is 3. The second-order valence-electron chi connectivity index (χ2n) is 8.86. The third kappa shape index (κ3) is 5.39. The Bertz CT molecular complexity index is 1440. The molecular weight excluding hydrogens is 462 g/mol. The van der Waals surface area contributed by atoms with Crippen LogP contribution < -0.4 is 15.5 Å². The molecule has 0 spiro atoms. The number of hydrogen-bond donors (Lipinski definition) is 2. The van der Waals surface area contributed by atoms with Crippen molar-refractivity contribution in [2.24, 2.45) is 0 Å². The summed E-state index contributed by atoms with van der Waals surface area (Å²) in [4.78, 5) is 9.73. The zero-order valence-electron chi connectivity index (χ0n) is 19.8. The number of sulfone groups is 1. The van der Waals surface area contributed by atoms with E-state index >= 15 is 0 Å². The van der Waals surface area contributed by atoms with Crippen LogP contribution in [-0.2, 0) is 16.4 Å². The molecule has 0 atom stereocenters. The van der Waals surface area contributed by atoms with E-state index in [0.29, 0.717) is 23.0 Å². The van der Waals surface area contributed by atoms with Gasteiger partial charge < -0.3 is 20.4 Å². The summed E-state index contributed by atoms with van der Waals surface area (Å²) in [6.07, 6.45) is 3.06. The lowest BCUT2D eigenvalue weighted by Gasteiger charge is -2.34. The van der Waals surface area contributed by atoms with Gasteiger partial charge in [0.05, 0.1) is 10.6 Å². The van der Waals surface area contributed by atoms with Crippen LogP contribution in [0.2, 0.25) is 0 Å². The Morgan fingerprint density at radius 3 is 2.57 bits per heavy atom. The number of likely N-dealkylation sites (N-methyl/N-ethyl adjacent to an activating group) is 1. The van der Waals surface area contributed by atoms with Crippen LogP contribution in [0.1, 0.15) is 5.56 Å². The van der Waals surface area contributed by atoms with Gasteiger partial charge in [0.2, 0.25) is 5.95 Å². The van der Waals surface area contributed by atoms with E-state index in [-0.39, 0.29) is 0 Å². The van der Waals surface area contributed by atoms with Crippen molar-refractivity contribution in [1.82, 2.24) is 19.5 Å². The van der Waals surface area contributed by atoms with Crippen molar-refractivity contribution >= 4 is 38.5 Å². The highest BCUT2D eigenvalue weighted by Gasteiger charge is 2.15. The van der Waals surface area contributed by atoms with Crippen LogP contribution >= 0.6 is 0 Å². The van der Waals surface area contributed by atoms with E-state index in [4.69, 9.17) is 4.98 Å². The number of rotatable bonds is 7. The second kappa shape index (κ2) is 9.55. The highest BCUT2D eigenvalue weighted by molar-refractivity contribution is 7.90. The Labute approximate surface area is 205 Å². The van der Waals surface area contributed by atoms with Crippen molar-refractivity contribution in [3.05, 3.63) is 72.4 Å². The molecule has 182 valence electrons. The van der Waals surface area contributed by atoms with Crippen LogP contribution in [-0.4, -0.2) is 67.4 Å². The van der Waals surface area contributed by atoms with Crippen LogP contribution in [0.15, 0.2) is 71.8 Å². The molecule has 2 aromatic carbocycles. The van der Waals surface area contributed by atoms with E-state index in [9.17, 15) is 8.42 Å². The maximum atomic E-state index is 11.9. The van der Waals surface area contributed by atoms with Gasteiger partial charge >= 0.3 is 0 Å². The minimum absolute atomic E-state index is 0.308. The van der Waals surface area contributed by atoms with Gasteiger partial charge in [-0.15, -0.1) is 5.10 Å². The first-order valence-corrected chi connectivity index (χ1v) is 13.4. The molecule has 4 aromatic rings. The number of hydrogen-bond acceptors (Lipinski definition) is 8. The summed E-state index contributed by atoms with van der Waals surface area (Å²) in [6.45, 7) is 4.59. The molecular formula is C25H29N7O2S. The summed E-state index contributed by atoms with van der Waals surface area (Å²) in [7, 11) is -1.10. The molecule has 0 amide bonds. The summed E-state index contributed by atoms with van der Waals surface area (Å²) in [5.41, 5.74) is 4.48. The highest BCUT2D eigenvalue weighted by atomic mass is 32.2. The third-order valence-corrected chi connectivity index (χ3v) is 7.25. The Hall–Kier alpha value is -3.63. The molecule has 9 nitrogen and oxygen atoms in total.